The van der Waals surface area contributed by atoms with E-state index >= 15 is 0 Å². The third kappa shape index (κ3) is 7.36. The van der Waals surface area contributed by atoms with Gasteiger partial charge in [0.15, 0.2) is 5.82 Å². The summed E-state index contributed by atoms with van der Waals surface area (Å²) in [6, 6.07) is 10.1. The molecule has 0 fully saturated rings. The second-order valence-electron chi connectivity index (χ2n) is 11.2. The lowest BCUT2D eigenvalue weighted by atomic mass is 9.91. The normalized spacial score (nSPS) is 19.3. The first-order chi connectivity index (χ1) is 21.7. The molecule has 3 aromatic rings. The first kappa shape index (κ1) is 32.2. The smallest absolute Gasteiger partial charge is 0.412 e. The zero-order chi connectivity index (χ0) is 32.1. The Morgan fingerprint density at radius 1 is 1.11 bits per heavy atom. The van der Waals surface area contributed by atoms with Crippen LogP contribution in [-0.2, 0) is 19.1 Å². The summed E-state index contributed by atoms with van der Waals surface area (Å²) in [7, 11) is 1.69. The summed E-state index contributed by atoms with van der Waals surface area (Å²) in [5, 5.41) is 5.67. The number of halogens is 3. The number of likely N-dealkylation sites (N-methyl/N-ethyl adjacent to an activating group) is 1. The molecule has 1 aromatic heterocycles. The quantitative estimate of drug-likeness (QED) is 0.262. The van der Waals surface area contributed by atoms with E-state index in [1.54, 1.807) is 43.3 Å². The minimum atomic E-state index is -0.850. The predicted octanol–water partition coefficient (Wildman–Crippen LogP) is 7.22. The van der Waals surface area contributed by atoms with Crippen molar-refractivity contribution in [2.45, 2.75) is 63.5 Å². The van der Waals surface area contributed by atoms with Crippen LogP contribution >= 0.6 is 11.6 Å². The topological polar surface area (TPSA) is 110 Å². The van der Waals surface area contributed by atoms with Gasteiger partial charge in [0.2, 0.25) is 5.91 Å². The predicted molar refractivity (Wildman–Crippen MR) is 166 cm³/mol. The van der Waals surface area contributed by atoms with Gasteiger partial charge in [-0.2, -0.15) is 0 Å². The number of cyclic esters (lactones) is 1. The van der Waals surface area contributed by atoms with Crippen molar-refractivity contribution in [2.75, 3.05) is 30.8 Å². The number of benzene rings is 2. The molecule has 2 bridgehead atoms. The minimum Gasteiger partial charge on any atom is -0.464 e. The van der Waals surface area contributed by atoms with Gasteiger partial charge in [-0.25, -0.2) is 18.4 Å². The van der Waals surface area contributed by atoms with Crippen LogP contribution in [0.5, 0.6) is 0 Å². The number of anilines is 2. The third-order valence-electron chi connectivity index (χ3n) is 8.14. The zero-order valence-electron chi connectivity index (χ0n) is 25.1. The molecular formula is C33H35ClF2N4O5. The Morgan fingerprint density at radius 2 is 1.89 bits per heavy atom. The van der Waals surface area contributed by atoms with Crippen LogP contribution in [0.25, 0.3) is 11.1 Å². The Hall–Kier alpha value is -4.25. The van der Waals surface area contributed by atoms with E-state index in [-0.39, 0.29) is 29.5 Å². The molecule has 0 saturated heterocycles. The maximum atomic E-state index is 14.8. The maximum Gasteiger partial charge on any atom is 0.412 e. The molecule has 0 aliphatic carbocycles. The number of amides is 2. The van der Waals surface area contributed by atoms with Gasteiger partial charge in [0.25, 0.3) is 0 Å². The molecule has 0 spiro atoms. The molecule has 0 radical (unpaired) electrons. The van der Waals surface area contributed by atoms with E-state index in [2.05, 4.69) is 15.6 Å². The van der Waals surface area contributed by atoms with Gasteiger partial charge in [-0.15, -0.1) is 0 Å². The molecule has 2 aliphatic heterocycles. The van der Waals surface area contributed by atoms with Crippen molar-refractivity contribution in [3.8, 4) is 11.1 Å². The van der Waals surface area contributed by atoms with Gasteiger partial charge in [0, 0.05) is 31.0 Å². The highest BCUT2D eigenvalue weighted by atomic mass is 35.5. The van der Waals surface area contributed by atoms with Crippen molar-refractivity contribution in [2.24, 2.45) is 0 Å². The van der Waals surface area contributed by atoms with E-state index in [1.807, 2.05) is 0 Å². The number of pyridine rings is 1. The summed E-state index contributed by atoms with van der Waals surface area (Å²) in [5.74, 6) is -2.23. The second kappa shape index (κ2) is 14.2. The van der Waals surface area contributed by atoms with Crippen LogP contribution in [0.15, 0.2) is 48.7 Å². The van der Waals surface area contributed by atoms with Crippen LogP contribution in [0.3, 0.4) is 0 Å². The van der Waals surface area contributed by atoms with E-state index in [0.29, 0.717) is 66.8 Å². The number of ether oxygens (including phenoxy) is 2. The number of hydrogen-bond acceptors (Lipinski definition) is 7. The molecule has 2 aromatic carbocycles. The van der Waals surface area contributed by atoms with Crippen molar-refractivity contribution in [1.29, 1.82) is 0 Å². The van der Waals surface area contributed by atoms with Gasteiger partial charge in [-0.3, -0.25) is 15.1 Å². The fraction of sp³-hybridized carbons (Fsp3) is 0.394. The molecule has 2 aliphatic rings. The molecule has 9 nitrogen and oxygen atoms in total. The van der Waals surface area contributed by atoms with Crippen molar-refractivity contribution in [3.05, 3.63) is 76.6 Å². The largest absolute Gasteiger partial charge is 0.464 e. The van der Waals surface area contributed by atoms with Crippen LogP contribution in [0.2, 0.25) is 5.02 Å². The van der Waals surface area contributed by atoms with E-state index in [9.17, 15) is 23.2 Å². The third-order valence-corrected chi connectivity index (χ3v) is 8.43. The van der Waals surface area contributed by atoms with Crippen molar-refractivity contribution < 1.29 is 32.6 Å². The number of carbonyl (C=O) groups excluding carboxylic acids is 3. The summed E-state index contributed by atoms with van der Waals surface area (Å²) < 4.78 is 39.9. The van der Waals surface area contributed by atoms with Crippen molar-refractivity contribution in [1.82, 2.24) is 9.88 Å². The van der Waals surface area contributed by atoms with E-state index < -0.39 is 41.8 Å². The number of esters is 1. The Balaban J connectivity index is 1.35. The van der Waals surface area contributed by atoms with Crippen LogP contribution < -0.4 is 10.6 Å². The van der Waals surface area contributed by atoms with Gasteiger partial charge >= 0.3 is 12.1 Å². The number of aromatic nitrogens is 1. The molecule has 2 amide bonds. The molecular weight excluding hydrogens is 606 g/mol. The Kier molecular flexibility index (Phi) is 10.2. The summed E-state index contributed by atoms with van der Waals surface area (Å²) in [4.78, 5) is 44.8. The number of rotatable bonds is 7. The molecule has 3 atom stereocenters. The van der Waals surface area contributed by atoms with E-state index in [4.69, 9.17) is 21.1 Å². The van der Waals surface area contributed by atoms with Crippen molar-refractivity contribution in [3.63, 3.8) is 0 Å². The molecule has 45 heavy (non-hydrogen) atoms. The Labute approximate surface area is 265 Å². The number of nitrogens with zero attached hydrogens (tertiary/aromatic N) is 2. The van der Waals surface area contributed by atoms with Crippen LogP contribution in [0.1, 0.15) is 68.7 Å². The van der Waals surface area contributed by atoms with E-state index in [0.717, 1.165) is 0 Å². The molecule has 2 N–H and O–H groups in total. The van der Waals surface area contributed by atoms with E-state index in [1.165, 1.54) is 24.3 Å². The van der Waals surface area contributed by atoms with Crippen molar-refractivity contribution >= 4 is 40.9 Å². The lowest BCUT2D eigenvalue weighted by Gasteiger charge is -2.28. The lowest BCUT2D eigenvalue weighted by molar-refractivity contribution is -0.144. The number of fused-ring (bicyclic) bond motifs is 5. The van der Waals surface area contributed by atoms with Gasteiger partial charge in [0.1, 0.15) is 18.0 Å². The Bertz CT molecular complexity index is 1590. The molecule has 5 rings (SSSR count). The van der Waals surface area contributed by atoms with Gasteiger partial charge in [0.05, 0.1) is 34.5 Å². The second-order valence-corrected chi connectivity index (χ2v) is 11.6. The average Bonchev–Trinajstić information content (AvgIpc) is 3.02. The molecule has 3 heterocycles. The van der Waals surface area contributed by atoms with Gasteiger partial charge in [-0.1, -0.05) is 24.4 Å². The van der Waals surface area contributed by atoms with Gasteiger partial charge in [-0.05, 0) is 80.6 Å². The highest BCUT2D eigenvalue weighted by Gasteiger charge is 2.32. The fourth-order valence-electron chi connectivity index (χ4n) is 5.87. The summed E-state index contributed by atoms with van der Waals surface area (Å²) in [6.07, 6.45) is 2.98. The zero-order valence-corrected chi connectivity index (χ0v) is 25.8. The number of hydrogen-bond donors (Lipinski definition) is 2. The SMILES string of the molecule is CCOC(=O)C1CCCCC(C(=O)N(C)CCC[C@H]2OC(=O)Nc3ccc(Cl)c(F)c32)c2cc(ccn2)-c2cc(F)ccc2N1. The van der Waals surface area contributed by atoms with Crippen LogP contribution in [0, 0.1) is 11.6 Å². The highest BCUT2D eigenvalue weighted by Crippen LogP contribution is 2.39. The standard InChI is InChI=1S/C33H35ClF2N4O5/c1-3-44-32(42)26-8-5-4-7-21(27-17-19(14-15-37-27)22-18-20(35)10-12-24(22)38-26)31(41)40(2)16-6-9-28-29-25(39-33(43)45-28)13-11-23(34)30(29)36/h10-15,17-18,21,26,28,38H,3-9,16H2,1-2H3,(H,39,43)/t21?,26?,28-/m1/s1. The summed E-state index contributed by atoms with van der Waals surface area (Å²) in [5.41, 5.74) is 2.81. The molecule has 0 saturated carbocycles. The Morgan fingerprint density at radius 3 is 2.69 bits per heavy atom. The summed E-state index contributed by atoms with van der Waals surface area (Å²) in [6.45, 7) is 2.30. The first-order valence-corrected chi connectivity index (χ1v) is 15.4. The highest BCUT2D eigenvalue weighted by molar-refractivity contribution is 6.31. The summed E-state index contributed by atoms with van der Waals surface area (Å²) >= 11 is 5.98. The molecule has 238 valence electrons. The maximum absolute atomic E-state index is 14.8. The van der Waals surface area contributed by atoms with Crippen LogP contribution in [0.4, 0.5) is 25.0 Å². The minimum absolute atomic E-state index is 0.0715. The number of nitrogens with one attached hydrogen (secondary N) is 2. The molecule has 2 unspecified atom stereocenters. The monoisotopic (exact) mass is 640 g/mol. The number of carbonyl (C=O) groups is 3. The average molecular weight is 641 g/mol. The van der Waals surface area contributed by atoms with Crippen LogP contribution in [-0.4, -0.2) is 54.1 Å². The molecule has 12 heteroatoms. The van der Waals surface area contributed by atoms with Gasteiger partial charge < -0.3 is 19.7 Å². The fourth-order valence-corrected chi connectivity index (χ4v) is 6.04. The first-order valence-electron chi connectivity index (χ1n) is 15.1. The lowest BCUT2D eigenvalue weighted by Crippen LogP contribution is -2.34.